The van der Waals surface area contributed by atoms with E-state index in [1.165, 1.54) is 0 Å². The van der Waals surface area contributed by atoms with Gasteiger partial charge in [0, 0.05) is 27.3 Å². The van der Waals surface area contributed by atoms with Crippen LogP contribution in [0.3, 0.4) is 0 Å². The lowest BCUT2D eigenvalue weighted by Gasteiger charge is -2.00. The Morgan fingerprint density at radius 1 is 1.40 bits per heavy atom. The number of rotatable bonds is 1. The quantitative estimate of drug-likeness (QED) is 0.816. The van der Waals surface area contributed by atoms with Crippen molar-refractivity contribution in [3.8, 4) is 11.3 Å². The summed E-state index contributed by atoms with van der Waals surface area (Å²) in [4.78, 5) is 0. The normalized spacial score (nSPS) is 10.6. The van der Waals surface area contributed by atoms with Gasteiger partial charge < -0.3 is 5.73 Å². The molecule has 0 amide bonds. The zero-order valence-electron chi connectivity index (χ0n) is 8.04. The molecule has 0 saturated heterocycles. The van der Waals surface area contributed by atoms with Crippen LogP contribution in [-0.2, 0) is 7.05 Å². The molecule has 0 aliphatic rings. The number of hydrogen-bond acceptors (Lipinski definition) is 2. The molecule has 0 unspecified atom stereocenters. The molecule has 2 rings (SSSR count). The third-order valence-corrected chi connectivity index (χ3v) is 3.30. The van der Waals surface area contributed by atoms with E-state index in [2.05, 4.69) is 27.7 Å². The Kier molecular flexibility index (Phi) is 2.88. The minimum Gasteiger partial charge on any atom is -0.384 e. The average molecular weight is 334 g/mol. The molecule has 1 heterocycles. The smallest absolute Gasteiger partial charge is 0.121 e. The molecule has 2 aromatic rings. The lowest BCUT2D eigenvalue weighted by atomic mass is 10.1. The van der Waals surface area contributed by atoms with E-state index in [-0.39, 0.29) is 0 Å². The number of aromatic nitrogens is 2. The van der Waals surface area contributed by atoms with Crippen LogP contribution in [0, 0.1) is 3.57 Å². The molecule has 15 heavy (non-hydrogen) atoms. The molecule has 5 heteroatoms. The molecular weight excluding hydrogens is 324 g/mol. The Morgan fingerprint density at radius 2 is 2.13 bits per heavy atom. The summed E-state index contributed by atoms with van der Waals surface area (Å²) in [6, 6.07) is 7.56. The summed E-state index contributed by atoms with van der Waals surface area (Å²) >= 11 is 8.20. The Labute approximate surface area is 106 Å². The van der Waals surface area contributed by atoms with Crippen LogP contribution in [0.15, 0.2) is 24.3 Å². The van der Waals surface area contributed by atoms with E-state index in [0.717, 1.165) is 14.8 Å². The van der Waals surface area contributed by atoms with Gasteiger partial charge in [-0.15, -0.1) is 0 Å². The van der Waals surface area contributed by atoms with E-state index in [4.69, 9.17) is 17.3 Å². The monoisotopic (exact) mass is 333 g/mol. The first kappa shape index (κ1) is 10.8. The van der Waals surface area contributed by atoms with Crippen LogP contribution < -0.4 is 5.73 Å². The summed E-state index contributed by atoms with van der Waals surface area (Å²) in [5, 5.41) is 5.01. The van der Waals surface area contributed by atoms with Gasteiger partial charge in [-0.2, -0.15) is 5.10 Å². The maximum atomic E-state index is 5.94. The molecule has 1 aromatic carbocycles. The molecule has 0 aliphatic heterocycles. The first-order valence-corrected chi connectivity index (χ1v) is 5.78. The predicted molar refractivity (Wildman–Crippen MR) is 70.8 cm³/mol. The van der Waals surface area contributed by atoms with Crippen LogP contribution in [0.5, 0.6) is 0 Å². The second-order valence-corrected chi connectivity index (χ2v) is 4.80. The summed E-state index contributed by atoms with van der Waals surface area (Å²) < 4.78 is 2.75. The van der Waals surface area contributed by atoms with Crippen molar-refractivity contribution in [1.82, 2.24) is 9.78 Å². The number of nitrogen functional groups attached to an aromatic ring is 1. The molecule has 3 nitrogen and oxygen atoms in total. The maximum Gasteiger partial charge on any atom is 0.121 e. The average Bonchev–Trinajstić information content (AvgIpc) is 2.51. The van der Waals surface area contributed by atoms with E-state index in [1.54, 1.807) is 4.68 Å². The Hall–Kier alpha value is -0.750. The third-order valence-electron chi connectivity index (χ3n) is 2.12. The first-order valence-electron chi connectivity index (χ1n) is 4.33. The topological polar surface area (TPSA) is 43.8 Å². The standard InChI is InChI=1S/C10H9ClIN3/c1-15-10(13)5-9(14-15)7-4-6(11)2-3-8(7)12/h2-5H,13H2,1H3. The molecule has 0 spiro atoms. The van der Waals surface area contributed by atoms with Crippen LogP contribution in [0.25, 0.3) is 11.3 Å². The molecule has 0 bridgehead atoms. The first-order chi connectivity index (χ1) is 7.08. The van der Waals surface area contributed by atoms with Crippen molar-refractivity contribution in [3.05, 3.63) is 32.9 Å². The molecular formula is C10H9ClIN3. The van der Waals surface area contributed by atoms with Crippen LogP contribution in [-0.4, -0.2) is 9.78 Å². The highest BCUT2D eigenvalue weighted by molar-refractivity contribution is 14.1. The number of nitrogens with zero attached hydrogens (tertiary/aromatic N) is 2. The highest BCUT2D eigenvalue weighted by atomic mass is 127. The molecule has 1 aromatic heterocycles. The van der Waals surface area contributed by atoms with Crippen LogP contribution in [0.2, 0.25) is 5.02 Å². The lowest BCUT2D eigenvalue weighted by Crippen LogP contribution is -1.96. The van der Waals surface area contributed by atoms with E-state index >= 15 is 0 Å². The highest BCUT2D eigenvalue weighted by Crippen LogP contribution is 2.28. The number of aryl methyl sites for hydroxylation is 1. The summed E-state index contributed by atoms with van der Waals surface area (Å²) in [5.41, 5.74) is 7.59. The van der Waals surface area contributed by atoms with Crippen molar-refractivity contribution in [3.63, 3.8) is 0 Å². The molecule has 2 N–H and O–H groups in total. The fraction of sp³-hybridized carbons (Fsp3) is 0.100. The minimum absolute atomic E-state index is 0.640. The third kappa shape index (κ3) is 2.10. The van der Waals surface area contributed by atoms with Gasteiger partial charge in [0.15, 0.2) is 0 Å². The largest absolute Gasteiger partial charge is 0.384 e. The minimum atomic E-state index is 0.640. The number of anilines is 1. The fourth-order valence-electron chi connectivity index (χ4n) is 1.31. The number of nitrogens with two attached hydrogens (primary N) is 1. The van der Waals surface area contributed by atoms with Gasteiger partial charge in [-0.05, 0) is 40.8 Å². The van der Waals surface area contributed by atoms with Gasteiger partial charge in [0.25, 0.3) is 0 Å². The number of benzene rings is 1. The van der Waals surface area contributed by atoms with Crippen LogP contribution >= 0.6 is 34.2 Å². The Bertz CT molecular complexity index is 488. The van der Waals surface area contributed by atoms with E-state index in [9.17, 15) is 0 Å². The van der Waals surface area contributed by atoms with E-state index < -0.39 is 0 Å². The van der Waals surface area contributed by atoms with Crippen LogP contribution in [0.4, 0.5) is 5.82 Å². The van der Waals surface area contributed by atoms with Crippen LogP contribution in [0.1, 0.15) is 0 Å². The van der Waals surface area contributed by atoms with Crippen molar-refractivity contribution in [2.75, 3.05) is 5.73 Å². The van der Waals surface area contributed by atoms with Crippen molar-refractivity contribution in [1.29, 1.82) is 0 Å². The van der Waals surface area contributed by atoms with Crippen molar-refractivity contribution in [2.24, 2.45) is 7.05 Å². The summed E-state index contributed by atoms with van der Waals surface area (Å²) in [5.74, 6) is 0.640. The van der Waals surface area contributed by atoms with Crippen molar-refractivity contribution in [2.45, 2.75) is 0 Å². The second kappa shape index (κ2) is 4.02. The SMILES string of the molecule is Cn1nc(-c2cc(Cl)ccc2I)cc1N. The predicted octanol–water partition coefficient (Wildman–Crippen LogP) is 2.93. The van der Waals surface area contributed by atoms with E-state index in [1.807, 2.05) is 31.3 Å². The molecule has 0 fully saturated rings. The van der Waals surface area contributed by atoms with Gasteiger partial charge in [0.2, 0.25) is 0 Å². The Morgan fingerprint density at radius 3 is 2.73 bits per heavy atom. The lowest BCUT2D eigenvalue weighted by molar-refractivity contribution is 0.782. The molecule has 78 valence electrons. The second-order valence-electron chi connectivity index (χ2n) is 3.20. The van der Waals surface area contributed by atoms with Crippen molar-refractivity contribution < 1.29 is 0 Å². The summed E-state index contributed by atoms with van der Waals surface area (Å²) in [6.07, 6.45) is 0. The number of halogens is 2. The van der Waals surface area contributed by atoms with Gasteiger partial charge >= 0.3 is 0 Å². The zero-order valence-corrected chi connectivity index (χ0v) is 11.0. The highest BCUT2D eigenvalue weighted by Gasteiger charge is 2.08. The molecule has 0 saturated carbocycles. The van der Waals surface area contributed by atoms with Gasteiger partial charge in [-0.3, -0.25) is 4.68 Å². The molecule has 0 radical (unpaired) electrons. The molecule has 0 atom stereocenters. The number of hydrogen-bond donors (Lipinski definition) is 1. The summed E-state index contributed by atoms with van der Waals surface area (Å²) in [7, 11) is 1.82. The molecule has 0 aliphatic carbocycles. The van der Waals surface area contributed by atoms with E-state index in [0.29, 0.717) is 10.8 Å². The van der Waals surface area contributed by atoms with Gasteiger partial charge in [-0.1, -0.05) is 11.6 Å². The fourth-order valence-corrected chi connectivity index (χ4v) is 2.09. The zero-order chi connectivity index (χ0) is 11.0. The van der Waals surface area contributed by atoms with Gasteiger partial charge in [0.1, 0.15) is 5.82 Å². The Balaban J connectivity index is 2.58. The van der Waals surface area contributed by atoms with Gasteiger partial charge in [-0.25, -0.2) is 0 Å². The summed E-state index contributed by atoms with van der Waals surface area (Å²) in [6.45, 7) is 0. The van der Waals surface area contributed by atoms with Gasteiger partial charge in [0.05, 0.1) is 5.69 Å². The van der Waals surface area contributed by atoms with Crippen molar-refractivity contribution >= 4 is 40.0 Å². The maximum absolute atomic E-state index is 5.94.